The molecule has 5 heteroatoms. The third kappa shape index (κ3) is 3.63. The number of amides is 1. The van der Waals surface area contributed by atoms with Gasteiger partial charge in [0.15, 0.2) is 5.78 Å². The summed E-state index contributed by atoms with van der Waals surface area (Å²) in [6.45, 7) is 6.20. The summed E-state index contributed by atoms with van der Waals surface area (Å²) in [6, 6.07) is 19.4. The van der Waals surface area contributed by atoms with Crippen LogP contribution in [0.5, 0.6) is 0 Å². The second-order valence-electron chi connectivity index (χ2n) is 7.80. The zero-order valence-electron chi connectivity index (χ0n) is 16.8. The number of nitrogens with one attached hydrogen (secondary N) is 1. The number of rotatable bonds is 4. The van der Waals surface area contributed by atoms with Crippen LogP contribution in [0.2, 0.25) is 0 Å². The molecule has 0 atom stereocenters. The van der Waals surface area contributed by atoms with E-state index in [1.807, 2.05) is 50.2 Å². The highest BCUT2D eigenvalue weighted by molar-refractivity contribution is 6.03. The van der Waals surface area contributed by atoms with Gasteiger partial charge in [0.05, 0.1) is 16.9 Å². The van der Waals surface area contributed by atoms with Crippen molar-refractivity contribution in [1.29, 1.82) is 0 Å². The molecular weight excluding hydrogens is 362 g/mol. The van der Waals surface area contributed by atoms with Gasteiger partial charge < -0.3 is 10.2 Å². The Morgan fingerprint density at radius 2 is 1.83 bits per heavy atom. The van der Waals surface area contributed by atoms with E-state index >= 15 is 0 Å². The van der Waals surface area contributed by atoms with Gasteiger partial charge >= 0.3 is 0 Å². The van der Waals surface area contributed by atoms with Gasteiger partial charge in [-0.15, -0.1) is 0 Å². The van der Waals surface area contributed by atoms with E-state index < -0.39 is 5.66 Å². The molecule has 0 saturated carbocycles. The zero-order chi connectivity index (χ0) is 20.6. The molecule has 3 aromatic rings. The lowest BCUT2D eigenvalue weighted by Crippen LogP contribution is -2.60. The summed E-state index contributed by atoms with van der Waals surface area (Å²) in [5.41, 5.74) is 4.30. The van der Waals surface area contributed by atoms with Crippen LogP contribution in [0.25, 0.3) is 11.3 Å². The van der Waals surface area contributed by atoms with Gasteiger partial charge in [0.25, 0.3) is 5.91 Å². The molecule has 0 bridgehead atoms. The Morgan fingerprint density at radius 3 is 2.55 bits per heavy atom. The van der Waals surface area contributed by atoms with Crippen molar-refractivity contribution in [3.8, 4) is 11.3 Å². The summed E-state index contributed by atoms with van der Waals surface area (Å²) in [4.78, 5) is 31.1. The van der Waals surface area contributed by atoms with Crippen molar-refractivity contribution in [2.45, 2.75) is 33.0 Å². The number of hydrogen-bond acceptors (Lipinski definition) is 4. The van der Waals surface area contributed by atoms with Crippen LogP contribution in [-0.4, -0.2) is 22.3 Å². The number of fused-ring (bicyclic) bond motifs is 1. The van der Waals surface area contributed by atoms with Crippen LogP contribution in [0.15, 0.2) is 66.9 Å². The summed E-state index contributed by atoms with van der Waals surface area (Å²) in [5, 5.41) is 3.09. The standard InChI is InChI=1S/C24H23N3O2/c1-16(28)18-11-12-25-21(13-18)19-9-10-20-22(14-19)27(24(2,3)26-23(20)29)15-17-7-5-4-6-8-17/h4-14H,15H2,1-3H3,(H,26,29). The predicted octanol–water partition coefficient (Wildman–Crippen LogP) is 4.44. The fourth-order valence-electron chi connectivity index (χ4n) is 3.68. The van der Waals surface area contributed by atoms with Crippen LogP contribution in [-0.2, 0) is 6.54 Å². The quantitative estimate of drug-likeness (QED) is 0.675. The third-order valence-corrected chi connectivity index (χ3v) is 5.27. The van der Waals surface area contributed by atoms with E-state index in [4.69, 9.17) is 0 Å². The van der Waals surface area contributed by atoms with Crippen LogP contribution in [0.1, 0.15) is 47.1 Å². The topological polar surface area (TPSA) is 62.3 Å². The molecule has 146 valence electrons. The maximum Gasteiger partial charge on any atom is 0.255 e. The van der Waals surface area contributed by atoms with Crippen LogP contribution < -0.4 is 10.2 Å². The smallest absolute Gasteiger partial charge is 0.255 e. The molecule has 2 heterocycles. The molecule has 0 saturated heterocycles. The Bertz CT molecular complexity index is 1090. The molecule has 5 nitrogen and oxygen atoms in total. The molecule has 1 aliphatic heterocycles. The number of carbonyl (C=O) groups is 2. The molecular formula is C24H23N3O2. The number of Topliss-reactive ketones (excluding diaryl/α,β-unsaturated/α-hetero) is 1. The zero-order valence-corrected chi connectivity index (χ0v) is 16.8. The molecule has 1 aliphatic rings. The lowest BCUT2D eigenvalue weighted by Gasteiger charge is -2.45. The second-order valence-corrected chi connectivity index (χ2v) is 7.80. The number of hydrogen-bond donors (Lipinski definition) is 1. The number of nitrogens with zero attached hydrogens (tertiary/aromatic N) is 2. The monoisotopic (exact) mass is 385 g/mol. The van der Waals surface area contributed by atoms with E-state index in [9.17, 15) is 9.59 Å². The lowest BCUT2D eigenvalue weighted by molar-refractivity contribution is 0.0896. The highest BCUT2D eigenvalue weighted by atomic mass is 16.2. The SMILES string of the molecule is CC(=O)c1ccnc(-c2ccc3c(c2)N(Cc2ccccc2)C(C)(C)NC3=O)c1. The largest absolute Gasteiger partial charge is 0.344 e. The fourth-order valence-corrected chi connectivity index (χ4v) is 3.68. The molecule has 0 fully saturated rings. The van der Waals surface area contributed by atoms with E-state index in [-0.39, 0.29) is 11.7 Å². The average molecular weight is 385 g/mol. The van der Waals surface area contributed by atoms with E-state index in [1.54, 1.807) is 25.3 Å². The number of benzene rings is 2. The Balaban J connectivity index is 1.81. The van der Waals surface area contributed by atoms with Crippen molar-refractivity contribution in [1.82, 2.24) is 10.3 Å². The number of aromatic nitrogens is 1. The normalized spacial score (nSPS) is 14.9. The van der Waals surface area contributed by atoms with Gasteiger partial charge in [0, 0.05) is 23.9 Å². The Kier molecular flexibility index (Phi) is 4.66. The first-order valence-corrected chi connectivity index (χ1v) is 9.61. The van der Waals surface area contributed by atoms with Gasteiger partial charge in [-0.3, -0.25) is 14.6 Å². The third-order valence-electron chi connectivity index (χ3n) is 5.27. The minimum atomic E-state index is -0.548. The predicted molar refractivity (Wildman–Crippen MR) is 114 cm³/mol. The van der Waals surface area contributed by atoms with Crippen molar-refractivity contribution in [2.75, 3.05) is 4.90 Å². The van der Waals surface area contributed by atoms with E-state index in [1.165, 1.54) is 0 Å². The molecule has 2 aromatic carbocycles. The fraction of sp³-hybridized carbons (Fsp3) is 0.208. The first-order valence-electron chi connectivity index (χ1n) is 9.61. The Labute approximate surface area is 170 Å². The van der Waals surface area contributed by atoms with Crippen molar-refractivity contribution in [3.63, 3.8) is 0 Å². The molecule has 0 spiro atoms. The highest BCUT2D eigenvalue weighted by Gasteiger charge is 2.36. The molecule has 0 unspecified atom stereocenters. The summed E-state index contributed by atoms with van der Waals surface area (Å²) >= 11 is 0. The van der Waals surface area contributed by atoms with Crippen LogP contribution in [0.4, 0.5) is 5.69 Å². The number of carbonyl (C=O) groups excluding carboxylic acids is 2. The van der Waals surface area contributed by atoms with Crippen molar-refractivity contribution < 1.29 is 9.59 Å². The van der Waals surface area contributed by atoms with Crippen LogP contribution in [0, 0.1) is 0 Å². The Morgan fingerprint density at radius 1 is 1.07 bits per heavy atom. The van der Waals surface area contributed by atoms with Gasteiger partial charge in [-0.05, 0) is 50.6 Å². The molecule has 1 N–H and O–H groups in total. The highest BCUT2D eigenvalue weighted by Crippen LogP contribution is 2.35. The summed E-state index contributed by atoms with van der Waals surface area (Å²) < 4.78 is 0. The molecule has 0 aliphatic carbocycles. The molecule has 4 rings (SSSR count). The van der Waals surface area contributed by atoms with Gasteiger partial charge in [0.1, 0.15) is 5.66 Å². The second kappa shape index (κ2) is 7.17. The maximum absolute atomic E-state index is 12.7. The minimum absolute atomic E-state index is 0.00201. The van der Waals surface area contributed by atoms with Crippen LogP contribution >= 0.6 is 0 Å². The van der Waals surface area contributed by atoms with Gasteiger partial charge in [-0.2, -0.15) is 0 Å². The summed E-state index contributed by atoms with van der Waals surface area (Å²) in [5.74, 6) is -0.0934. The molecule has 1 aromatic heterocycles. The lowest BCUT2D eigenvalue weighted by atomic mass is 9.97. The maximum atomic E-state index is 12.7. The van der Waals surface area contributed by atoms with Gasteiger partial charge in [-0.25, -0.2) is 0 Å². The molecule has 1 amide bonds. The first kappa shape index (κ1) is 18.9. The summed E-state index contributed by atoms with van der Waals surface area (Å²) in [6.07, 6.45) is 1.64. The number of ketones is 1. The Hall–Kier alpha value is -3.47. The average Bonchev–Trinajstić information content (AvgIpc) is 2.71. The van der Waals surface area contributed by atoms with Crippen LogP contribution in [0.3, 0.4) is 0 Å². The first-order chi connectivity index (χ1) is 13.8. The van der Waals surface area contributed by atoms with Crippen molar-refractivity contribution in [3.05, 3.63) is 83.6 Å². The van der Waals surface area contributed by atoms with Gasteiger partial charge in [-0.1, -0.05) is 36.4 Å². The van der Waals surface area contributed by atoms with Gasteiger partial charge in [0.2, 0.25) is 0 Å². The van der Waals surface area contributed by atoms with E-state index in [0.717, 1.165) is 16.8 Å². The molecule has 29 heavy (non-hydrogen) atoms. The number of anilines is 1. The molecule has 0 radical (unpaired) electrons. The van der Waals surface area contributed by atoms with E-state index in [0.29, 0.717) is 23.4 Å². The van der Waals surface area contributed by atoms with Crippen molar-refractivity contribution in [2.24, 2.45) is 0 Å². The summed E-state index contributed by atoms with van der Waals surface area (Å²) in [7, 11) is 0. The number of pyridine rings is 1. The minimum Gasteiger partial charge on any atom is -0.344 e. The van der Waals surface area contributed by atoms with E-state index in [2.05, 4.69) is 27.3 Å². The van der Waals surface area contributed by atoms with Crippen molar-refractivity contribution >= 4 is 17.4 Å².